The zero-order valence-corrected chi connectivity index (χ0v) is 16.1. The molecule has 0 radical (unpaired) electrons. The van der Waals surface area contributed by atoms with Crippen LogP contribution >= 0.6 is 0 Å². The van der Waals surface area contributed by atoms with Gasteiger partial charge < -0.3 is 5.32 Å². The molecule has 1 heterocycles. The summed E-state index contributed by atoms with van der Waals surface area (Å²) in [7, 11) is 0. The Morgan fingerprint density at radius 3 is 2.31 bits per heavy atom. The fourth-order valence-corrected chi connectivity index (χ4v) is 3.46. The average Bonchev–Trinajstić information content (AvgIpc) is 2.98. The lowest BCUT2D eigenvalue weighted by atomic mass is 9.97. The van der Waals surface area contributed by atoms with E-state index in [0.717, 1.165) is 22.5 Å². The molecule has 0 atom stereocenters. The van der Waals surface area contributed by atoms with Crippen molar-refractivity contribution in [1.29, 1.82) is 0 Å². The number of nitrogens with zero attached hydrogens (tertiary/aromatic N) is 2. The molecule has 0 saturated carbocycles. The Hall–Kier alpha value is -2.88. The molecule has 0 fully saturated rings. The molecule has 1 N–H and O–H groups in total. The number of aromatic nitrogens is 2. The molecule has 1 amide bonds. The number of carbonyl (C=O) groups is 1. The molecule has 0 aliphatic heterocycles. The minimum atomic E-state index is -0.140. The second kappa shape index (κ2) is 7.16. The molecule has 0 spiro atoms. The van der Waals surface area contributed by atoms with E-state index in [1.54, 1.807) is 4.68 Å². The Bertz CT molecular complexity index is 946. The number of carbonyl (C=O) groups excluding carboxylic acids is 1. The van der Waals surface area contributed by atoms with Crippen molar-refractivity contribution < 1.29 is 4.79 Å². The third-order valence-corrected chi connectivity index (χ3v) is 4.52. The maximum absolute atomic E-state index is 12.8. The highest BCUT2D eigenvalue weighted by Crippen LogP contribution is 2.28. The maximum atomic E-state index is 12.8. The molecular formula is C22H25N3O. The largest absolute Gasteiger partial charge is 0.321 e. The van der Waals surface area contributed by atoms with Crippen LogP contribution in [0.25, 0.3) is 11.3 Å². The Kier molecular flexibility index (Phi) is 4.94. The summed E-state index contributed by atoms with van der Waals surface area (Å²) in [5, 5.41) is 7.66. The lowest BCUT2D eigenvalue weighted by molar-refractivity contribution is 0.101. The third-order valence-electron chi connectivity index (χ3n) is 4.52. The number of amides is 1. The van der Waals surface area contributed by atoms with E-state index in [-0.39, 0.29) is 5.91 Å². The van der Waals surface area contributed by atoms with Crippen molar-refractivity contribution in [3.8, 4) is 11.3 Å². The van der Waals surface area contributed by atoms with Crippen LogP contribution in [-0.2, 0) is 6.54 Å². The predicted octanol–water partition coefficient (Wildman–Crippen LogP) is 5.06. The number of benzene rings is 2. The molecule has 3 rings (SSSR count). The van der Waals surface area contributed by atoms with Crippen LogP contribution in [-0.4, -0.2) is 15.7 Å². The molecule has 4 heteroatoms. The quantitative estimate of drug-likeness (QED) is 0.717. The Balaban J connectivity index is 1.98. The summed E-state index contributed by atoms with van der Waals surface area (Å²) < 4.78 is 1.76. The number of hydrogen-bond donors (Lipinski definition) is 1. The first-order valence-corrected chi connectivity index (χ1v) is 8.93. The highest BCUT2D eigenvalue weighted by Gasteiger charge is 2.18. The highest BCUT2D eigenvalue weighted by atomic mass is 16.2. The van der Waals surface area contributed by atoms with Gasteiger partial charge in [0, 0.05) is 17.8 Å². The number of aryl methyl sites for hydroxylation is 5. The van der Waals surface area contributed by atoms with Gasteiger partial charge in [-0.2, -0.15) is 5.10 Å². The van der Waals surface area contributed by atoms with Gasteiger partial charge in [0.2, 0.25) is 0 Å². The summed E-state index contributed by atoms with van der Waals surface area (Å²) >= 11 is 0. The lowest BCUT2D eigenvalue weighted by Gasteiger charge is -2.08. The van der Waals surface area contributed by atoms with Crippen molar-refractivity contribution in [3.05, 3.63) is 70.4 Å². The summed E-state index contributed by atoms with van der Waals surface area (Å²) in [5.41, 5.74) is 8.01. The molecule has 0 saturated heterocycles. The van der Waals surface area contributed by atoms with Gasteiger partial charge in [-0.05, 0) is 69.5 Å². The van der Waals surface area contributed by atoms with Gasteiger partial charge in [0.1, 0.15) is 5.69 Å². The predicted molar refractivity (Wildman–Crippen MR) is 107 cm³/mol. The Morgan fingerprint density at radius 2 is 1.69 bits per heavy atom. The van der Waals surface area contributed by atoms with Crippen LogP contribution in [0.5, 0.6) is 0 Å². The summed E-state index contributed by atoms with van der Waals surface area (Å²) in [6.45, 7) is 10.9. The summed E-state index contributed by atoms with van der Waals surface area (Å²) in [6.07, 6.45) is 0. The normalized spacial score (nSPS) is 10.8. The van der Waals surface area contributed by atoms with E-state index in [9.17, 15) is 4.79 Å². The minimum Gasteiger partial charge on any atom is -0.321 e. The van der Waals surface area contributed by atoms with Crippen LogP contribution in [0, 0.1) is 27.7 Å². The molecule has 3 aromatic rings. The molecule has 26 heavy (non-hydrogen) atoms. The first-order valence-electron chi connectivity index (χ1n) is 8.93. The zero-order valence-electron chi connectivity index (χ0n) is 16.1. The number of nitrogens with one attached hydrogen (secondary N) is 1. The first-order chi connectivity index (χ1) is 12.4. The molecule has 134 valence electrons. The van der Waals surface area contributed by atoms with Gasteiger partial charge in [0.15, 0.2) is 0 Å². The van der Waals surface area contributed by atoms with E-state index in [4.69, 9.17) is 0 Å². The second-order valence-corrected chi connectivity index (χ2v) is 6.83. The lowest BCUT2D eigenvalue weighted by Crippen LogP contribution is -2.17. The average molecular weight is 347 g/mol. The van der Waals surface area contributed by atoms with Crippen molar-refractivity contribution in [1.82, 2.24) is 9.78 Å². The van der Waals surface area contributed by atoms with E-state index in [2.05, 4.69) is 43.3 Å². The molecule has 2 aromatic carbocycles. The Morgan fingerprint density at radius 1 is 1.00 bits per heavy atom. The van der Waals surface area contributed by atoms with Gasteiger partial charge in [-0.1, -0.05) is 29.8 Å². The van der Waals surface area contributed by atoms with Crippen LogP contribution in [0.4, 0.5) is 5.69 Å². The molecule has 4 nitrogen and oxygen atoms in total. The monoisotopic (exact) mass is 347 g/mol. The number of hydrogen-bond acceptors (Lipinski definition) is 2. The van der Waals surface area contributed by atoms with Crippen LogP contribution in [0.15, 0.2) is 42.5 Å². The van der Waals surface area contributed by atoms with Gasteiger partial charge in [-0.15, -0.1) is 0 Å². The van der Waals surface area contributed by atoms with E-state index < -0.39 is 0 Å². The molecular weight excluding hydrogens is 322 g/mol. The van der Waals surface area contributed by atoms with E-state index in [1.807, 2.05) is 44.2 Å². The van der Waals surface area contributed by atoms with Crippen molar-refractivity contribution in [2.24, 2.45) is 0 Å². The number of anilines is 1. The van der Waals surface area contributed by atoms with Gasteiger partial charge in [-0.25, -0.2) is 0 Å². The van der Waals surface area contributed by atoms with Crippen LogP contribution in [0.3, 0.4) is 0 Å². The molecule has 0 aliphatic carbocycles. The van der Waals surface area contributed by atoms with E-state index in [1.165, 1.54) is 16.7 Å². The SMILES string of the molecule is CCn1nc(-c2c(C)cc(C)cc2C)cc1C(=O)Nc1cccc(C)c1. The Labute approximate surface area is 154 Å². The standard InChI is InChI=1S/C22H25N3O/c1-6-25-20(22(26)23-18-9-7-8-14(2)12-18)13-19(24-25)21-16(4)10-15(3)11-17(21)5/h7-13H,6H2,1-5H3,(H,23,26). The summed E-state index contributed by atoms with van der Waals surface area (Å²) in [6, 6.07) is 14.0. The first kappa shape index (κ1) is 17.9. The van der Waals surface area contributed by atoms with Crippen molar-refractivity contribution in [2.45, 2.75) is 41.2 Å². The van der Waals surface area contributed by atoms with Crippen molar-refractivity contribution >= 4 is 11.6 Å². The maximum Gasteiger partial charge on any atom is 0.273 e. The van der Waals surface area contributed by atoms with Crippen molar-refractivity contribution in [3.63, 3.8) is 0 Å². The van der Waals surface area contributed by atoms with Crippen LogP contribution in [0.1, 0.15) is 39.7 Å². The van der Waals surface area contributed by atoms with Crippen LogP contribution < -0.4 is 5.32 Å². The second-order valence-electron chi connectivity index (χ2n) is 6.83. The van der Waals surface area contributed by atoms with Gasteiger partial charge in [0.05, 0.1) is 5.69 Å². The molecule has 0 bridgehead atoms. The molecule has 0 unspecified atom stereocenters. The van der Waals surface area contributed by atoms with Crippen molar-refractivity contribution in [2.75, 3.05) is 5.32 Å². The van der Waals surface area contributed by atoms with Gasteiger partial charge >= 0.3 is 0 Å². The minimum absolute atomic E-state index is 0.140. The van der Waals surface area contributed by atoms with Crippen LogP contribution in [0.2, 0.25) is 0 Å². The van der Waals surface area contributed by atoms with E-state index >= 15 is 0 Å². The molecule has 1 aromatic heterocycles. The third kappa shape index (κ3) is 3.54. The fraction of sp³-hybridized carbons (Fsp3) is 0.273. The smallest absolute Gasteiger partial charge is 0.273 e. The highest BCUT2D eigenvalue weighted by molar-refractivity contribution is 6.03. The summed E-state index contributed by atoms with van der Waals surface area (Å²) in [5.74, 6) is -0.140. The van der Waals surface area contributed by atoms with Gasteiger partial charge in [-0.3, -0.25) is 9.48 Å². The van der Waals surface area contributed by atoms with E-state index in [0.29, 0.717) is 12.2 Å². The molecule has 0 aliphatic rings. The fourth-order valence-electron chi connectivity index (χ4n) is 3.46. The zero-order chi connectivity index (χ0) is 18.8. The van der Waals surface area contributed by atoms with Gasteiger partial charge in [0.25, 0.3) is 5.91 Å². The summed E-state index contributed by atoms with van der Waals surface area (Å²) in [4.78, 5) is 12.8. The topological polar surface area (TPSA) is 46.9 Å². The number of rotatable bonds is 4.